The molecule has 0 saturated heterocycles. The van der Waals surface area contributed by atoms with Crippen LogP contribution in [0.3, 0.4) is 0 Å². The second kappa shape index (κ2) is 10.8. The third kappa shape index (κ3) is 5.33. The maximum absolute atomic E-state index is 5.42. The van der Waals surface area contributed by atoms with Gasteiger partial charge >= 0.3 is 0 Å². The summed E-state index contributed by atoms with van der Waals surface area (Å²) in [6.07, 6.45) is 4.00. The molecule has 3 rings (SSSR count). The normalized spacial score (nSPS) is 15.2. The van der Waals surface area contributed by atoms with Gasteiger partial charge in [-0.15, -0.1) is 5.10 Å². The minimum atomic E-state index is -0.0606. The maximum atomic E-state index is 5.42. The zero-order chi connectivity index (χ0) is 21.5. The average molecular weight is 449 g/mol. The van der Waals surface area contributed by atoms with Gasteiger partial charge in [-0.3, -0.25) is 0 Å². The van der Waals surface area contributed by atoms with Crippen molar-refractivity contribution in [3.05, 3.63) is 39.3 Å². The van der Waals surface area contributed by atoms with E-state index in [1.165, 1.54) is 16.3 Å². The van der Waals surface area contributed by atoms with Crippen molar-refractivity contribution >= 4 is 34.9 Å². The molecule has 0 spiro atoms. The van der Waals surface area contributed by atoms with Gasteiger partial charge in [0, 0.05) is 24.7 Å². The van der Waals surface area contributed by atoms with Crippen LogP contribution in [-0.4, -0.2) is 30.7 Å². The molecule has 0 amide bonds. The quantitative estimate of drug-likeness (QED) is 0.271. The number of hydrogen-bond donors (Lipinski definition) is 1. The molecule has 1 unspecified atom stereocenters. The Morgan fingerprint density at radius 1 is 1.23 bits per heavy atom. The van der Waals surface area contributed by atoms with Gasteiger partial charge in [-0.25, -0.2) is 0 Å². The lowest BCUT2D eigenvalue weighted by Gasteiger charge is -2.13. The van der Waals surface area contributed by atoms with Crippen LogP contribution >= 0.6 is 23.1 Å². The molecule has 0 radical (unpaired) electrons. The van der Waals surface area contributed by atoms with Gasteiger partial charge < -0.3 is 19.4 Å². The molecule has 1 heterocycles. The monoisotopic (exact) mass is 448 g/mol. The summed E-state index contributed by atoms with van der Waals surface area (Å²) in [5.41, 5.74) is 2.49. The highest BCUT2D eigenvalue weighted by Crippen LogP contribution is 2.32. The lowest BCUT2D eigenvalue weighted by atomic mass is 10.1. The Morgan fingerprint density at radius 2 is 2.07 bits per heavy atom. The average Bonchev–Trinajstić information content (AvgIpc) is 3.11. The lowest BCUT2D eigenvalue weighted by molar-refractivity contribution is -0.570. The zero-order valence-corrected chi connectivity index (χ0v) is 19.8. The molecule has 0 bridgehead atoms. The molecule has 0 aliphatic heterocycles. The molecular weight excluding hydrogens is 418 g/mol. The summed E-state index contributed by atoms with van der Waals surface area (Å²) in [7, 11) is 3.41. The van der Waals surface area contributed by atoms with Gasteiger partial charge in [0.05, 0.1) is 36.3 Å². The third-order valence-electron chi connectivity index (χ3n) is 4.81. The van der Waals surface area contributed by atoms with E-state index < -0.39 is 0 Å². The van der Waals surface area contributed by atoms with E-state index in [2.05, 4.69) is 51.3 Å². The standard InChI is InChI=1S/C21H29N5O2S2/c1-6-22-17-10-8-15(27-4)12-19(17)29-14(3)23-25-24-21-26(7-2)18-11-9-16(28-5)13-20(18)30-21/h8,10,12-14,22H,6-7,9,11H2,1-5H3/p+1. The number of rotatable bonds is 9. The fraction of sp³-hybridized carbons (Fsp3) is 0.476. The number of quaternary nitrogens is 1. The maximum Gasteiger partial charge on any atom is 0.213 e. The minimum absolute atomic E-state index is 0.0606. The number of aromatic nitrogens is 1. The van der Waals surface area contributed by atoms with Crippen molar-refractivity contribution in [2.24, 2.45) is 15.4 Å². The molecule has 1 aromatic carbocycles. The Labute approximate surface area is 185 Å². The molecule has 1 aliphatic carbocycles. The van der Waals surface area contributed by atoms with Gasteiger partial charge in [0.15, 0.2) is 0 Å². The second-order valence-corrected chi connectivity index (χ2v) is 9.16. The molecule has 2 aromatic rings. The van der Waals surface area contributed by atoms with E-state index in [0.29, 0.717) is 0 Å². The topological polar surface area (TPSA) is 77.1 Å². The van der Waals surface area contributed by atoms with Crippen LogP contribution in [0.2, 0.25) is 0 Å². The summed E-state index contributed by atoms with van der Waals surface area (Å²) in [6.45, 7) is 8.13. The number of benzene rings is 1. The number of hydrogen-bond acceptors (Lipinski definition) is 6. The molecule has 162 valence electrons. The first kappa shape index (κ1) is 22.6. The molecule has 0 fully saturated rings. The van der Waals surface area contributed by atoms with Crippen LogP contribution < -0.4 is 14.9 Å². The van der Waals surface area contributed by atoms with E-state index in [9.17, 15) is 0 Å². The SMILES string of the molecule is CC[NH2+]c1ccc(OC)cc1SC(C)N=NN=c1sc2c(n1CC)CCC(OC)=C2. The first-order valence-electron chi connectivity index (χ1n) is 10.2. The van der Waals surface area contributed by atoms with Gasteiger partial charge in [-0.1, -0.05) is 23.1 Å². The van der Waals surface area contributed by atoms with Gasteiger partial charge in [0.2, 0.25) is 4.80 Å². The summed E-state index contributed by atoms with van der Waals surface area (Å²) in [5, 5.41) is 15.2. The molecule has 2 N–H and O–H groups in total. The Kier molecular flexibility index (Phi) is 8.12. The summed E-state index contributed by atoms with van der Waals surface area (Å²) < 4.78 is 13.0. The van der Waals surface area contributed by atoms with E-state index in [0.717, 1.165) is 47.1 Å². The predicted molar refractivity (Wildman–Crippen MR) is 122 cm³/mol. The van der Waals surface area contributed by atoms with Crippen LogP contribution in [0, 0.1) is 0 Å². The Balaban J connectivity index is 1.78. The highest BCUT2D eigenvalue weighted by atomic mass is 32.2. The first-order chi connectivity index (χ1) is 14.6. The van der Waals surface area contributed by atoms with Crippen LogP contribution in [0.5, 0.6) is 5.75 Å². The predicted octanol–water partition coefficient (Wildman–Crippen LogP) is 4.13. The highest BCUT2D eigenvalue weighted by Gasteiger charge is 2.17. The van der Waals surface area contributed by atoms with Crippen molar-refractivity contribution in [1.29, 1.82) is 0 Å². The number of fused-ring (bicyclic) bond motifs is 1. The summed E-state index contributed by atoms with van der Waals surface area (Å²) in [5.74, 6) is 1.86. The van der Waals surface area contributed by atoms with Crippen LogP contribution in [0.25, 0.3) is 6.08 Å². The van der Waals surface area contributed by atoms with Crippen molar-refractivity contribution in [2.45, 2.75) is 50.4 Å². The number of methoxy groups -OCH3 is 2. The van der Waals surface area contributed by atoms with Crippen LogP contribution in [0.1, 0.15) is 37.8 Å². The number of allylic oxidation sites excluding steroid dienone is 1. The first-order valence-corrected chi connectivity index (χ1v) is 11.9. The Hall–Kier alpha value is -2.10. The van der Waals surface area contributed by atoms with E-state index in [4.69, 9.17) is 9.47 Å². The highest BCUT2D eigenvalue weighted by molar-refractivity contribution is 8.00. The molecule has 0 saturated carbocycles. The van der Waals surface area contributed by atoms with E-state index >= 15 is 0 Å². The fourth-order valence-electron chi connectivity index (χ4n) is 3.33. The fourth-order valence-corrected chi connectivity index (χ4v) is 5.40. The van der Waals surface area contributed by atoms with Gasteiger partial charge in [0.1, 0.15) is 16.8 Å². The second-order valence-electron chi connectivity index (χ2n) is 6.79. The summed E-state index contributed by atoms with van der Waals surface area (Å²) >= 11 is 3.29. The minimum Gasteiger partial charge on any atom is -0.501 e. The Bertz CT molecular complexity index is 994. The summed E-state index contributed by atoms with van der Waals surface area (Å²) in [4.78, 5) is 3.21. The van der Waals surface area contributed by atoms with Crippen molar-refractivity contribution in [3.63, 3.8) is 0 Å². The Morgan fingerprint density at radius 3 is 2.77 bits per heavy atom. The number of thioether (sulfide) groups is 1. The van der Waals surface area contributed by atoms with Crippen molar-refractivity contribution < 1.29 is 14.8 Å². The van der Waals surface area contributed by atoms with Crippen LogP contribution in [-0.2, 0) is 17.7 Å². The smallest absolute Gasteiger partial charge is 0.213 e. The number of nitrogens with zero attached hydrogens (tertiary/aromatic N) is 4. The van der Waals surface area contributed by atoms with Gasteiger partial charge in [0.25, 0.3) is 0 Å². The van der Waals surface area contributed by atoms with E-state index in [1.54, 1.807) is 37.3 Å². The van der Waals surface area contributed by atoms with Gasteiger partial charge in [-0.2, -0.15) is 5.11 Å². The van der Waals surface area contributed by atoms with Gasteiger partial charge in [-0.05, 0) is 50.6 Å². The zero-order valence-electron chi connectivity index (χ0n) is 18.2. The van der Waals surface area contributed by atoms with Crippen molar-refractivity contribution in [3.8, 4) is 5.75 Å². The summed E-state index contributed by atoms with van der Waals surface area (Å²) in [6, 6.07) is 6.12. The van der Waals surface area contributed by atoms with Crippen molar-refractivity contribution in [2.75, 3.05) is 20.8 Å². The number of thiazole rings is 1. The molecular formula is C21H30N5O2S2+. The van der Waals surface area contributed by atoms with E-state index in [-0.39, 0.29) is 5.37 Å². The van der Waals surface area contributed by atoms with Crippen molar-refractivity contribution in [1.82, 2.24) is 4.57 Å². The third-order valence-corrected chi connectivity index (χ3v) is 6.91. The number of ether oxygens (including phenoxy) is 2. The lowest BCUT2D eigenvalue weighted by Crippen LogP contribution is -2.77. The number of nitrogens with two attached hydrogens (primary N) is 1. The molecule has 1 atom stereocenters. The molecule has 1 aromatic heterocycles. The van der Waals surface area contributed by atoms with Crippen LogP contribution in [0.4, 0.5) is 5.69 Å². The molecule has 1 aliphatic rings. The van der Waals surface area contributed by atoms with Crippen LogP contribution in [0.15, 0.2) is 44.3 Å². The molecule has 7 nitrogen and oxygen atoms in total. The largest absolute Gasteiger partial charge is 0.501 e. The molecule has 30 heavy (non-hydrogen) atoms. The molecule has 9 heteroatoms. The van der Waals surface area contributed by atoms with E-state index in [1.807, 2.05) is 19.1 Å².